The molecule has 2 heterocycles. The van der Waals surface area contributed by atoms with E-state index in [1.807, 2.05) is 12.1 Å². The largest absolute Gasteiger partial charge is 0.368 e. The molecule has 2 fully saturated rings. The maximum Gasteiger partial charge on any atom is 0.254 e. The van der Waals surface area contributed by atoms with Crippen molar-refractivity contribution in [3.63, 3.8) is 0 Å². The number of halogens is 1. The molecule has 1 saturated heterocycles. The highest BCUT2D eigenvalue weighted by Gasteiger charge is 2.20. The summed E-state index contributed by atoms with van der Waals surface area (Å²) in [6.07, 6.45) is 10.3. The Morgan fingerprint density at radius 1 is 0.897 bits per heavy atom. The third kappa shape index (κ3) is 5.02. The number of aromatic nitrogens is 2. The van der Waals surface area contributed by atoms with Crippen LogP contribution in [0.4, 0.5) is 16.0 Å². The van der Waals surface area contributed by atoms with Gasteiger partial charge in [0, 0.05) is 50.3 Å². The number of amides is 1. The van der Waals surface area contributed by atoms with Crippen molar-refractivity contribution in [2.24, 2.45) is 0 Å². The minimum absolute atomic E-state index is 0.0791. The third-order valence-electron chi connectivity index (χ3n) is 5.85. The van der Waals surface area contributed by atoms with Crippen LogP contribution in [0.5, 0.6) is 0 Å². The predicted octanol–water partition coefficient (Wildman–Crippen LogP) is 3.39. The molecule has 1 amide bonds. The second kappa shape index (κ2) is 9.20. The fourth-order valence-corrected chi connectivity index (χ4v) is 4.11. The lowest BCUT2D eigenvalue weighted by Gasteiger charge is -2.36. The Kier molecular flexibility index (Phi) is 6.22. The highest BCUT2D eigenvalue weighted by Crippen LogP contribution is 2.20. The van der Waals surface area contributed by atoms with Gasteiger partial charge in [0.25, 0.3) is 5.91 Å². The Balaban J connectivity index is 1.31. The molecule has 0 radical (unpaired) electrons. The summed E-state index contributed by atoms with van der Waals surface area (Å²) in [5.74, 6) is 0.350. The minimum atomic E-state index is -0.219. The molecule has 1 aliphatic carbocycles. The van der Waals surface area contributed by atoms with Crippen LogP contribution < -0.4 is 15.1 Å². The molecule has 0 unspecified atom stereocenters. The Morgan fingerprint density at radius 3 is 2.10 bits per heavy atom. The predicted molar refractivity (Wildman–Crippen MR) is 112 cm³/mol. The van der Waals surface area contributed by atoms with Crippen molar-refractivity contribution < 1.29 is 9.18 Å². The van der Waals surface area contributed by atoms with Crippen molar-refractivity contribution in [1.82, 2.24) is 15.3 Å². The second-order valence-corrected chi connectivity index (χ2v) is 7.88. The Bertz CT molecular complexity index is 795. The molecule has 29 heavy (non-hydrogen) atoms. The van der Waals surface area contributed by atoms with E-state index in [0.29, 0.717) is 11.5 Å². The van der Waals surface area contributed by atoms with E-state index in [2.05, 4.69) is 25.1 Å². The fraction of sp³-hybridized carbons (Fsp3) is 0.500. The van der Waals surface area contributed by atoms with Crippen LogP contribution in [0.1, 0.15) is 48.9 Å². The van der Waals surface area contributed by atoms with Crippen LogP contribution >= 0.6 is 0 Å². The van der Waals surface area contributed by atoms with E-state index < -0.39 is 0 Å². The van der Waals surface area contributed by atoms with Gasteiger partial charge in [-0.2, -0.15) is 0 Å². The molecule has 7 heteroatoms. The third-order valence-corrected chi connectivity index (χ3v) is 5.85. The minimum Gasteiger partial charge on any atom is -0.368 e. The average molecular weight is 397 g/mol. The van der Waals surface area contributed by atoms with Gasteiger partial charge in [0.1, 0.15) is 5.82 Å². The van der Waals surface area contributed by atoms with Gasteiger partial charge in [0.2, 0.25) is 5.95 Å². The lowest BCUT2D eigenvalue weighted by molar-refractivity contribution is 0.0932. The average Bonchev–Trinajstić information content (AvgIpc) is 3.03. The van der Waals surface area contributed by atoms with Crippen LogP contribution in [0.25, 0.3) is 0 Å². The van der Waals surface area contributed by atoms with Crippen LogP contribution in [0.2, 0.25) is 0 Å². The summed E-state index contributed by atoms with van der Waals surface area (Å²) >= 11 is 0. The Labute approximate surface area is 171 Å². The van der Waals surface area contributed by atoms with Gasteiger partial charge >= 0.3 is 0 Å². The van der Waals surface area contributed by atoms with Crippen LogP contribution in [0.15, 0.2) is 36.7 Å². The normalized spacial score (nSPS) is 18.4. The molecule has 1 aromatic carbocycles. The molecule has 1 saturated carbocycles. The maximum absolute atomic E-state index is 13.1. The Morgan fingerprint density at radius 2 is 1.48 bits per heavy atom. The van der Waals surface area contributed by atoms with E-state index in [0.717, 1.165) is 44.7 Å². The number of hydrogen-bond donors (Lipinski definition) is 1. The van der Waals surface area contributed by atoms with Crippen LogP contribution in [-0.4, -0.2) is 48.1 Å². The highest BCUT2D eigenvalue weighted by molar-refractivity contribution is 5.93. The summed E-state index contributed by atoms with van der Waals surface area (Å²) in [6, 6.07) is 6.86. The van der Waals surface area contributed by atoms with Gasteiger partial charge in [-0.1, -0.05) is 25.7 Å². The van der Waals surface area contributed by atoms with E-state index in [4.69, 9.17) is 0 Å². The molecule has 0 bridgehead atoms. The number of benzene rings is 1. The zero-order valence-corrected chi connectivity index (χ0v) is 16.7. The number of rotatable bonds is 4. The number of nitrogens with zero attached hydrogens (tertiary/aromatic N) is 4. The van der Waals surface area contributed by atoms with E-state index in [1.54, 1.807) is 12.4 Å². The number of hydrogen-bond acceptors (Lipinski definition) is 5. The zero-order chi connectivity index (χ0) is 20.1. The number of carbonyl (C=O) groups is 1. The van der Waals surface area contributed by atoms with Gasteiger partial charge in [-0.3, -0.25) is 4.79 Å². The summed E-state index contributed by atoms with van der Waals surface area (Å²) in [4.78, 5) is 25.7. The molecular weight excluding hydrogens is 369 g/mol. The SMILES string of the molecule is O=C(NC1CCCCCC1)c1cnc(N2CCN(c3ccc(F)cc3)CC2)nc1. The first kappa shape index (κ1) is 19.6. The first-order valence-corrected chi connectivity index (χ1v) is 10.6. The van der Waals surface area contributed by atoms with Crippen molar-refractivity contribution in [2.75, 3.05) is 36.0 Å². The second-order valence-electron chi connectivity index (χ2n) is 7.88. The van der Waals surface area contributed by atoms with Crippen molar-refractivity contribution >= 4 is 17.5 Å². The molecule has 154 valence electrons. The molecule has 4 rings (SSSR count). The van der Waals surface area contributed by atoms with Crippen molar-refractivity contribution in [2.45, 2.75) is 44.6 Å². The van der Waals surface area contributed by atoms with Crippen LogP contribution in [0, 0.1) is 5.82 Å². The van der Waals surface area contributed by atoms with E-state index >= 15 is 0 Å². The van der Waals surface area contributed by atoms with Crippen molar-refractivity contribution in [1.29, 1.82) is 0 Å². The van der Waals surface area contributed by atoms with Crippen molar-refractivity contribution in [3.05, 3.63) is 48.0 Å². The molecule has 1 aliphatic heterocycles. The van der Waals surface area contributed by atoms with Gasteiger partial charge in [-0.15, -0.1) is 0 Å². The number of carbonyl (C=O) groups excluding carboxylic acids is 1. The summed E-state index contributed by atoms with van der Waals surface area (Å²) in [5.41, 5.74) is 1.54. The number of piperazine rings is 1. The summed E-state index contributed by atoms with van der Waals surface area (Å²) in [6.45, 7) is 3.20. The number of nitrogens with one attached hydrogen (secondary N) is 1. The van der Waals surface area contributed by atoms with E-state index in [-0.39, 0.29) is 17.8 Å². The molecule has 1 N–H and O–H groups in total. The molecule has 2 aromatic rings. The Hall–Kier alpha value is -2.70. The van der Waals surface area contributed by atoms with Crippen molar-refractivity contribution in [3.8, 4) is 0 Å². The van der Waals surface area contributed by atoms with E-state index in [1.165, 1.54) is 37.8 Å². The molecule has 0 spiro atoms. The molecular formula is C22H28FN5O. The molecule has 6 nitrogen and oxygen atoms in total. The lowest BCUT2D eigenvalue weighted by Crippen LogP contribution is -2.47. The molecule has 1 aromatic heterocycles. The quantitative estimate of drug-likeness (QED) is 0.802. The fourth-order valence-electron chi connectivity index (χ4n) is 4.11. The summed E-state index contributed by atoms with van der Waals surface area (Å²) < 4.78 is 13.1. The standard InChI is InChI=1S/C22H28FN5O/c23-18-7-9-20(10-8-18)27-11-13-28(14-12-27)22-24-15-17(16-25-22)21(29)26-19-5-3-1-2-4-6-19/h7-10,15-16,19H,1-6,11-14H2,(H,26,29). The molecule has 2 aliphatic rings. The highest BCUT2D eigenvalue weighted by atomic mass is 19.1. The van der Waals surface area contributed by atoms with Gasteiger partial charge < -0.3 is 15.1 Å². The maximum atomic E-state index is 13.1. The van der Waals surface area contributed by atoms with Crippen LogP contribution in [0.3, 0.4) is 0 Å². The summed E-state index contributed by atoms with van der Waals surface area (Å²) in [7, 11) is 0. The summed E-state index contributed by atoms with van der Waals surface area (Å²) in [5, 5.41) is 3.14. The zero-order valence-electron chi connectivity index (χ0n) is 16.7. The smallest absolute Gasteiger partial charge is 0.254 e. The van der Waals surface area contributed by atoms with Gasteiger partial charge in [-0.25, -0.2) is 14.4 Å². The molecule has 0 atom stereocenters. The lowest BCUT2D eigenvalue weighted by atomic mass is 10.1. The number of anilines is 2. The monoisotopic (exact) mass is 397 g/mol. The van der Waals surface area contributed by atoms with Gasteiger partial charge in [0.05, 0.1) is 5.56 Å². The first-order valence-electron chi connectivity index (χ1n) is 10.6. The van der Waals surface area contributed by atoms with Crippen LogP contribution in [-0.2, 0) is 0 Å². The topological polar surface area (TPSA) is 61.4 Å². The van der Waals surface area contributed by atoms with Gasteiger partial charge in [-0.05, 0) is 37.1 Å². The van der Waals surface area contributed by atoms with Gasteiger partial charge in [0.15, 0.2) is 0 Å². The van der Waals surface area contributed by atoms with E-state index in [9.17, 15) is 9.18 Å². The first-order chi connectivity index (χ1) is 14.2.